The van der Waals surface area contributed by atoms with Crippen molar-refractivity contribution in [2.24, 2.45) is 5.73 Å². The van der Waals surface area contributed by atoms with Crippen molar-refractivity contribution in [1.82, 2.24) is 15.5 Å². The van der Waals surface area contributed by atoms with Crippen LogP contribution >= 0.6 is 22.9 Å². The number of thiophene rings is 1. The number of nitrogens with one attached hydrogen (secondary N) is 2. The summed E-state index contributed by atoms with van der Waals surface area (Å²) in [6.45, 7) is 3.82. The zero-order valence-corrected chi connectivity index (χ0v) is 15.9. The lowest BCUT2D eigenvalue weighted by Gasteiger charge is -2.14. The third-order valence-electron chi connectivity index (χ3n) is 4.58. The second kappa shape index (κ2) is 6.92. The van der Waals surface area contributed by atoms with Gasteiger partial charge in [-0.3, -0.25) is 4.79 Å². The van der Waals surface area contributed by atoms with E-state index in [1.54, 1.807) is 23.5 Å². The summed E-state index contributed by atoms with van der Waals surface area (Å²) in [5, 5.41) is 11.9. The van der Waals surface area contributed by atoms with Gasteiger partial charge >= 0.3 is 0 Å². The van der Waals surface area contributed by atoms with Gasteiger partial charge in [0, 0.05) is 29.0 Å². The van der Waals surface area contributed by atoms with Gasteiger partial charge in [0.2, 0.25) is 5.82 Å². The van der Waals surface area contributed by atoms with E-state index < -0.39 is 0 Å². The summed E-state index contributed by atoms with van der Waals surface area (Å²) in [4.78, 5) is 14.6. The minimum atomic E-state index is -0.0546. The second-order valence-electron chi connectivity index (χ2n) is 6.18. The number of hydrogen-bond acceptors (Lipinski definition) is 5. The van der Waals surface area contributed by atoms with Gasteiger partial charge < -0.3 is 11.1 Å². The van der Waals surface area contributed by atoms with Gasteiger partial charge in [-0.15, -0.1) is 16.4 Å². The van der Waals surface area contributed by atoms with E-state index in [1.807, 2.05) is 23.6 Å². The van der Waals surface area contributed by atoms with Gasteiger partial charge in [0.1, 0.15) is 0 Å². The van der Waals surface area contributed by atoms with Crippen molar-refractivity contribution in [3.8, 4) is 5.00 Å². The Bertz CT molecular complexity index is 994. The fraction of sp³-hybridized carbons (Fsp3) is 0.278. The molecule has 0 bridgehead atoms. The van der Waals surface area contributed by atoms with Crippen molar-refractivity contribution in [2.75, 3.05) is 6.54 Å². The van der Waals surface area contributed by atoms with E-state index in [2.05, 4.69) is 15.5 Å². The van der Waals surface area contributed by atoms with Crippen molar-refractivity contribution in [3.05, 3.63) is 62.5 Å². The highest BCUT2D eigenvalue weighted by Gasteiger charge is 2.32. The Balaban J connectivity index is 1.96. The van der Waals surface area contributed by atoms with Crippen molar-refractivity contribution < 1.29 is 9.36 Å². The molecule has 3 heterocycles. The van der Waals surface area contributed by atoms with Gasteiger partial charge in [-0.2, -0.15) is 4.57 Å². The topological polar surface area (TPSA) is 87.7 Å². The summed E-state index contributed by atoms with van der Waals surface area (Å²) in [5.41, 5.74) is 8.20. The number of H-pyrrole nitrogens is 1. The highest BCUT2D eigenvalue weighted by Crippen LogP contribution is 2.34. The summed E-state index contributed by atoms with van der Waals surface area (Å²) < 4.78 is 1.95. The van der Waals surface area contributed by atoms with Crippen LogP contribution in [0.4, 0.5) is 0 Å². The predicted molar refractivity (Wildman–Crippen MR) is 101 cm³/mol. The molecule has 0 fully saturated rings. The molecule has 0 aliphatic carbocycles. The first-order chi connectivity index (χ1) is 12.6. The molecule has 1 aliphatic rings. The SMILES string of the molecule is Cc1[nH]nc(CN)[n+]1-c1sc2c(c1C(=O)c1ccccc1Cl)CCNC2. The maximum absolute atomic E-state index is 13.5. The van der Waals surface area contributed by atoms with E-state index in [-0.39, 0.29) is 12.3 Å². The summed E-state index contributed by atoms with van der Waals surface area (Å²) in [6, 6.07) is 7.18. The molecule has 0 saturated carbocycles. The van der Waals surface area contributed by atoms with Crippen LogP contribution in [0.5, 0.6) is 0 Å². The van der Waals surface area contributed by atoms with Crippen LogP contribution in [-0.4, -0.2) is 22.5 Å². The van der Waals surface area contributed by atoms with Crippen LogP contribution < -0.4 is 15.6 Å². The van der Waals surface area contributed by atoms with Crippen molar-refractivity contribution in [2.45, 2.75) is 26.4 Å². The predicted octanol–water partition coefficient (Wildman–Crippen LogP) is 2.05. The van der Waals surface area contributed by atoms with Crippen LogP contribution in [0.25, 0.3) is 5.00 Å². The average Bonchev–Trinajstić information content (AvgIpc) is 3.21. The number of benzene rings is 1. The number of carbonyl (C=O) groups excluding carboxylic acids is 1. The lowest BCUT2D eigenvalue weighted by atomic mass is 9.96. The first-order valence-corrected chi connectivity index (χ1v) is 9.62. The maximum Gasteiger partial charge on any atom is 0.296 e. The van der Waals surface area contributed by atoms with Gasteiger partial charge in [0.05, 0.1) is 17.1 Å². The van der Waals surface area contributed by atoms with Gasteiger partial charge in [-0.05, 0) is 30.7 Å². The molecule has 0 radical (unpaired) electrons. The number of fused-ring (bicyclic) bond motifs is 1. The molecule has 6 nitrogen and oxygen atoms in total. The minimum Gasteiger partial charge on any atom is -0.321 e. The molecular weight excluding hydrogens is 370 g/mol. The molecule has 4 rings (SSSR count). The van der Waals surface area contributed by atoms with Crippen LogP contribution in [0.1, 0.15) is 38.0 Å². The lowest BCUT2D eigenvalue weighted by Crippen LogP contribution is -2.38. The number of nitrogens with zero attached hydrogens (tertiary/aromatic N) is 2. The molecule has 1 aliphatic heterocycles. The van der Waals surface area contributed by atoms with E-state index in [0.29, 0.717) is 22.0 Å². The van der Waals surface area contributed by atoms with Gasteiger partial charge in [-0.1, -0.05) is 23.7 Å². The maximum atomic E-state index is 13.5. The molecule has 26 heavy (non-hydrogen) atoms. The van der Waals surface area contributed by atoms with Gasteiger partial charge in [0.25, 0.3) is 5.82 Å². The van der Waals surface area contributed by atoms with Crippen LogP contribution in [0.3, 0.4) is 0 Å². The summed E-state index contributed by atoms with van der Waals surface area (Å²) in [7, 11) is 0. The van der Waals surface area contributed by atoms with Crippen molar-refractivity contribution in [3.63, 3.8) is 0 Å². The standard InChI is InChI=1S/C18H18ClN5OS/c1-10-22-23-15(8-20)24(10)18-16(12-6-7-21-9-14(12)26-18)17(25)11-4-2-3-5-13(11)19/h2-5,21H,6-9,20H2,1H3/p+1. The minimum absolute atomic E-state index is 0.0546. The number of nitrogens with two attached hydrogens (primary N) is 1. The zero-order valence-electron chi connectivity index (χ0n) is 14.3. The Hall–Kier alpha value is -2.06. The zero-order chi connectivity index (χ0) is 18.3. The summed E-state index contributed by atoms with van der Waals surface area (Å²) >= 11 is 7.92. The largest absolute Gasteiger partial charge is 0.321 e. The highest BCUT2D eigenvalue weighted by atomic mass is 35.5. The number of aromatic nitrogens is 3. The third-order valence-corrected chi connectivity index (χ3v) is 6.13. The Morgan fingerprint density at radius 1 is 1.42 bits per heavy atom. The second-order valence-corrected chi connectivity index (χ2v) is 7.68. The third kappa shape index (κ3) is 2.77. The smallest absolute Gasteiger partial charge is 0.296 e. The number of aryl methyl sites for hydroxylation is 1. The van der Waals surface area contributed by atoms with Crippen molar-refractivity contribution in [1.29, 1.82) is 0 Å². The van der Waals surface area contributed by atoms with E-state index in [0.717, 1.165) is 35.9 Å². The summed E-state index contributed by atoms with van der Waals surface area (Å²) in [5.74, 6) is 1.48. The molecule has 2 aromatic heterocycles. The van der Waals surface area contributed by atoms with E-state index >= 15 is 0 Å². The number of halogens is 1. The van der Waals surface area contributed by atoms with Gasteiger partial charge in [-0.25, -0.2) is 0 Å². The average molecular weight is 389 g/mol. The first kappa shape index (κ1) is 17.4. The molecule has 3 aromatic rings. The Morgan fingerprint density at radius 3 is 3.00 bits per heavy atom. The molecule has 134 valence electrons. The molecule has 0 saturated heterocycles. The number of ketones is 1. The number of carbonyl (C=O) groups is 1. The lowest BCUT2D eigenvalue weighted by molar-refractivity contribution is -0.607. The number of aromatic amines is 1. The fourth-order valence-electron chi connectivity index (χ4n) is 3.34. The monoisotopic (exact) mass is 388 g/mol. The Labute approximate surface area is 160 Å². The number of rotatable bonds is 4. The molecule has 0 unspecified atom stereocenters. The van der Waals surface area contributed by atoms with E-state index in [4.69, 9.17) is 17.3 Å². The molecular formula is C18H19ClN5OS+. The molecule has 1 aromatic carbocycles. The van der Waals surface area contributed by atoms with Gasteiger partial charge in [0.15, 0.2) is 10.8 Å². The molecule has 0 atom stereocenters. The van der Waals surface area contributed by atoms with Crippen molar-refractivity contribution >= 4 is 28.7 Å². The van der Waals surface area contributed by atoms with Crippen LogP contribution in [0.15, 0.2) is 24.3 Å². The van der Waals surface area contributed by atoms with Crippen LogP contribution in [0.2, 0.25) is 5.02 Å². The Kier molecular flexibility index (Phi) is 4.62. The van der Waals surface area contributed by atoms with E-state index in [1.165, 1.54) is 4.88 Å². The molecule has 8 heteroatoms. The molecule has 4 N–H and O–H groups in total. The number of hydrogen-bond donors (Lipinski definition) is 3. The highest BCUT2D eigenvalue weighted by molar-refractivity contribution is 7.14. The molecule has 0 amide bonds. The summed E-state index contributed by atoms with van der Waals surface area (Å²) in [6.07, 6.45) is 0.812. The molecule has 0 spiro atoms. The van der Waals surface area contributed by atoms with Crippen LogP contribution in [-0.2, 0) is 19.5 Å². The first-order valence-electron chi connectivity index (χ1n) is 8.42. The van der Waals surface area contributed by atoms with E-state index in [9.17, 15) is 4.79 Å². The Morgan fingerprint density at radius 2 is 2.23 bits per heavy atom. The normalized spacial score (nSPS) is 13.7. The fourth-order valence-corrected chi connectivity index (χ4v) is 4.95. The quantitative estimate of drug-likeness (QED) is 0.471. The van der Waals surface area contributed by atoms with Crippen LogP contribution in [0, 0.1) is 6.92 Å².